The molecule has 0 unspecified atom stereocenters. The first-order chi connectivity index (χ1) is 10.8. The molecule has 0 spiro atoms. The molecule has 0 radical (unpaired) electrons. The van der Waals surface area contributed by atoms with Crippen molar-refractivity contribution in [2.75, 3.05) is 13.1 Å². The fraction of sp³-hybridized carbons (Fsp3) is 0.647. The number of hydrogen-bond acceptors (Lipinski definition) is 4. The highest BCUT2D eigenvalue weighted by Gasteiger charge is 2.42. The van der Waals surface area contributed by atoms with Gasteiger partial charge < -0.3 is 14.5 Å². The fourth-order valence-corrected chi connectivity index (χ4v) is 4.07. The van der Waals surface area contributed by atoms with Gasteiger partial charge in [-0.25, -0.2) is 4.79 Å². The molecule has 2 fully saturated rings. The van der Waals surface area contributed by atoms with Crippen LogP contribution in [0.5, 0.6) is 0 Å². The molecule has 0 saturated carbocycles. The van der Waals surface area contributed by atoms with E-state index in [1.54, 1.807) is 0 Å². The zero-order valence-corrected chi connectivity index (χ0v) is 14.8. The minimum absolute atomic E-state index is 0.0694. The van der Waals surface area contributed by atoms with Crippen LogP contribution >= 0.6 is 11.3 Å². The van der Waals surface area contributed by atoms with E-state index in [4.69, 9.17) is 4.74 Å². The van der Waals surface area contributed by atoms with Gasteiger partial charge in [0.15, 0.2) is 0 Å². The van der Waals surface area contributed by atoms with Gasteiger partial charge in [-0.2, -0.15) is 11.3 Å². The van der Waals surface area contributed by atoms with Crippen molar-refractivity contribution in [1.82, 2.24) is 9.80 Å². The van der Waals surface area contributed by atoms with E-state index < -0.39 is 5.60 Å². The van der Waals surface area contributed by atoms with Gasteiger partial charge in [-0.15, -0.1) is 0 Å². The Kier molecular flexibility index (Phi) is 4.36. The van der Waals surface area contributed by atoms with E-state index in [9.17, 15) is 9.59 Å². The van der Waals surface area contributed by atoms with Gasteiger partial charge in [-0.1, -0.05) is 0 Å². The summed E-state index contributed by atoms with van der Waals surface area (Å²) in [6.07, 6.45) is 2.53. The highest BCUT2D eigenvalue weighted by molar-refractivity contribution is 7.08. The van der Waals surface area contributed by atoms with Crippen molar-refractivity contribution in [2.45, 2.75) is 57.7 Å². The summed E-state index contributed by atoms with van der Waals surface area (Å²) in [5.41, 5.74) is 0.256. The molecule has 23 heavy (non-hydrogen) atoms. The van der Waals surface area contributed by atoms with Gasteiger partial charge in [0.2, 0.25) is 0 Å². The van der Waals surface area contributed by atoms with E-state index in [1.165, 1.54) is 11.3 Å². The fourth-order valence-electron chi connectivity index (χ4n) is 3.44. The Labute approximate surface area is 141 Å². The van der Waals surface area contributed by atoms with Gasteiger partial charge >= 0.3 is 6.09 Å². The Morgan fingerprint density at radius 1 is 1.22 bits per heavy atom. The maximum absolute atomic E-state index is 12.6. The molecule has 126 valence electrons. The molecule has 3 heterocycles. The van der Waals surface area contributed by atoms with Crippen LogP contribution in [0.4, 0.5) is 4.79 Å². The molecule has 2 atom stereocenters. The molecule has 2 aliphatic rings. The van der Waals surface area contributed by atoms with E-state index in [0.717, 1.165) is 24.8 Å². The lowest BCUT2D eigenvalue weighted by Gasteiger charge is -2.31. The number of nitrogens with zero attached hydrogens (tertiary/aromatic N) is 2. The second-order valence-corrected chi connectivity index (χ2v) is 8.10. The molecule has 2 saturated heterocycles. The summed E-state index contributed by atoms with van der Waals surface area (Å²) < 4.78 is 5.57. The van der Waals surface area contributed by atoms with Gasteiger partial charge in [-0.05, 0) is 51.5 Å². The number of carbonyl (C=O) groups excluding carboxylic acids is 2. The second-order valence-electron chi connectivity index (χ2n) is 7.32. The summed E-state index contributed by atoms with van der Waals surface area (Å²) in [5, 5.41) is 3.81. The highest BCUT2D eigenvalue weighted by Crippen LogP contribution is 2.32. The molecule has 6 heteroatoms. The smallest absolute Gasteiger partial charge is 0.410 e. The molecular weight excluding hydrogens is 312 g/mol. The van der Waals surface area contributed by atoms with Crippen LogP contribution in [0.2, 0.25) is 0 Å². The lowest BCUT2D eigenvalue weighted by atomic mass is 10.1. The van der Waals surface area contributed by atoms with Crippen LogP contribution in [0.3, 0.4) is 0 Å². The van der Waals surface area contributed by atoms with Crippen LogP contribution in [0.1, 0.15) is 50.4 Å². The Balaban J connectivity index is 1.72. The zero-order chi connectivity index (χ0) is 16.6. The lowest BCUT2D eigenvalue weighted by Crippen LogP contribution is -2.46. The number of carbonyl (C=O) groups is 2. The Bertz CT molecular complexity index is 579. The van der Waals surface area contributed by atoms with Gasteiger partial charge in [0, 0.05) is 24.5 Å². The highest BCUT2D eigenvalue weighted by atomic mass is 32.1. The Morgan fingerprint density at radius 3 is 2.61 bits per heavy atom. The van der Waals surface area contributed by atoms with Crippen molar-refractivity contribution in [2.24, 2.45) is 0 Å². The van der Waals surface area contributed by atoms with Crippen LogP contribution in [0.25, 0.3) is 0 Å². The van der Waals surface area contributed by atoms with Crippen molar-refractivity contribution >= 4 is 23.3 Å². The average Bonchev–Trinajstić information content (AvgIpc) is 3.03. The summed E-state index contributed by atoms with van der Waals surface area (Å²) in [4.78, 5) is 28.9. The standard InChI is InChI=1S/C17H24N2O3S/c1-17(2,3)22-16(21)19-13-4-5-14(19)10-18(8-6-13)15(20)12-7-9-23-11-12/h7,9,11,13-14H,4-6,8,10H2,1-3H3/t13-,14-/m0/s1. The largest absolute Gasteiger partial charge is 0.444 e. The molecular formula is C17H24N2O3S. The van der Waals surface area contributed by atoms with Gasteiger partial charge in [0.05, 0.1) is 11.6 Å². The molecule has 2 aliphatic heterocycles. The average molecular weight is 336 g/mol. The number of rotatable bonds is 1. The number of amides is 2. The van der Waals surface area contributed by atoms with Gasteiger partial charge in [0.25, 0.3) is 5.91 Å². The van der Waals surface area contributed by atoms with Gasteiger partial charge in [-0.3, -0.25) is 4.79 Å². The van der Waals surface area contributed by atoms with Crippen molar-refractivity contribution in [1.29, 1.82) is 0 Å². The first-order valence-electron chi connectivity index (χ1n) is 8.18. The summed E-state index contributed by atoms with van der Waals surface area (Å²) >= 11 is 1.53. The van der Waals surface area contributed by atoms with Crippen molar-refractivity contribution in [3.8, 4) is 0 Å². The molecule has 1 aromatic rings. The minimum atomic E-state index is -0.491. The minimum Gasteiger partial charge on any atom is -0.444 e. The monoisotopic (exact) mass is 336 g/mol. The molecule has 1 aromatic heterocycles. The molecule has 2 amide bonds. The van der Waals surface area contributed by atoms with Crippen molar-refractivity contribution in [3.05, 3.63) is 22.4 Å². The number of fused-ring (bicyclic) bond motifs is 2. The van der Waals surface area contributed by atoms with Crippen LogP contribution in [-0.4, -0.2) is 52.6 Å². The third-order valence-corrected chi connectivity index (χ3v) is 5.13. The maximum Gasteiger partial charge on any atom is 0.410 e. The van der Waals surface area contributed by atoms with Crippen LogP contribution < -0.4 is 0 Å². The lowest BCUT2D eigenvalue weighted by molar-refractivity contribution is 0.0151. The summed E-state index contributed by atoms with van der Waals surface area (Å²) in [6.45, 7) is 6.96. The second kappa shape index (κ2) is 6.15. The maximum atomic E-state index is 12.6. The first kappa shape index (κ1) is 16.3. The number of likely N-dealkylation sites (tertiary alicyclic amines) is 1. The van der Waals surface area contributed by atoms with Crippen molar-refractivity contribution < 1.29 is 14.3 Å². The predicted molar refractivity (Wildman–Crippen MR) is 89.7 cm³/mol. The van der Waals surface area contributed by atoms with E-state index >= 15 is 0 Å². The number of thiophene rings is 1. The van der Waals surface area contributed by atoms with E-state index in [-0.39, 0.29) is 24.1 Å². The number of ether oxygens (including phenoxy) is 1. The molecule has 0 aliphatic carbocycles. The third-order valence-electron chi connectivity index (χ3n) is 4.44. The summed E-state index contributed by atoms with van der Waals surface area (Å²) in [5.74, 6) is 0.0722. The Hall–Kier alpha value is -1.56. The van der Waals surface area contributed by atoms with E-state index in [1.807, 2.05) is 47.4 Å². The predicted octanol–water partition coefficient (Wildman–Crippen LogP) is 3.36. The Morgan fingerprint density at radius 2 is 1.96 bits per heavy atom. The van der Waals surface area contributed by atoms with E-state index in [2.05, 4.69) is 0 Å². The molecule has 0 N–H and O–H groups in total. The first-order valence-corrected chi connectivity index (χ1v) is 9.12. The quantitative estimate of drug-likeness (QED) is 0.790. The zero-order valence-electron chi connectivity index (χ0n) is 13.9. The normalized spacial score (nSPS) is 24.5. The van der Waals surface area contributed by atoms with E-state index in [0.29, 0.717) is 13.1 Å². The molecule has 2 bridgehead atoms. The van der Waals surface area contributed by atoms with Crippen LogP contribution in [0, 0.1) is 0 Å². The molecule has 5 nitrogen and oxygen atoms in total. The van der Waals surface area contributed by atoms with Gasteiger partial charge in [0.1, 0.15) is 5.60 Å². The molecule has 3 rings (SSSR count). The third kappa shape index (κ3) is 3.52. The van der Waals surface area contributed by atoms with Crippen molar-refractivity contribution in [3.63, 3.8) is 0 Å². The van der Waals surface area contributed by atoms with Crippen LogP contribution in [-0.2, 0) is 4.74 Å². The summed E-state index contributed by atoms with van der Waals surface area (Å²) in [6, 6.07) is 2.12. The SMILES string of the molecule is CC(C)(C)OC(=O)N1[C@H]2CC[C@H]1CN(C(=O)c1ccsc1)CC2. The topological polar surface area (TPSA) is 49.9 Å². The van der Waals surface area contributed by atoms with Crippen LogP contribution in [0.15, 0.2) is 16.8 Å². The number of hydrogen-bond donors (Lipinski definition) is 0. The molecule has 0 aromatic carbocycles. The summed E-state index contributed by atoms with van der Waals surface area (Å²) in [7, 11) is 0.